The Morgan fingerprint density at radius 3 is 2.73 bits per heavy atom. The van der Waals surface area contributed by atoms with Crippen molar-refractivity contribution in [2.75, 3.05) is 0 Å². The number of non-ortho nitro benzene ring substituents is 1. The third kappa shape index (κ3) is 3.70. The van der Waals surface area contributed by atoms with Crippen molar-refractivity contribution in [2.24, 2.45) is 0 Å². The Labute approximate surface area is 158 Å². The third-order valence-corrected chi connectivity index (χ3v) is 4.72. The van der Waals surface area contributed by atoms with Gasteiger partial charge in [0.1, 0.15) is 16.2 Å². The molecule has 0 aliphatic rings. The zero-order valence-corrected chi connectivity index (χ0v) is 15.2. The Bertz CT molecular complexity index is 1030. The fourth-order valence-corrected chi connectivity index (χ4v) is 3.29. The number of halogens is 1. The highest BCUT2D eigenvalue weighted by Gasteiger charge is 2.18. The number of aromatic hydroxyl groups is 1. The first-order valence-corrected chi connectivity index (χ1v) is 8.61. The van der Waals surface area contributed by atoms with E-state index in [9.17, 15) is 25.1 Å². The average molecular weight is 437 g/mol. The predicted molar refractivity (Wildman–Crippen MR) is 97.9 cm³/mol. The molecule has 0 fully saturated rings. The molecule has 26 heavy (non-hydrogen) atoms. The largest absolute Gasteiger partial charge is 0.506 e. The summed E-state index contributed by atoms with van der Waals surface area (Å²) in [5, 5.41) is 30.5. The molecule has 2 N–H and O–H groups in total. The van der Waals surface area contributed by atoms with E-state index in [1.54, 1.807) is 24.3 Å². The Balaban J connectivity index is 2.02. The number of thioether (sulfide) groups is 1. The maximum absolute atomic E-state index is 11.6. The summed E-state index contributed by atoms with van der Waals surface area (Å²) in [5.74, 6) is -1.60. The van der Waals surface area contributed by atoms with E-state index in [4.69, 9.17) is 4.42 Å². The molecular formula is C16H9BrN2O6S. The molecule has 0 unspecified atom stereocenters. The van der Waals surface area contributed by atoms with Gasteiger partial charge in [-0.2, -0.15) is 0 Å². The highest BCUT2D eigenvalue weighted by molar-refractivity contribution is 9.10. The molecule has 0 radical (unpaired) electrons. The number of phenolic OH excluding ortho intramolecular Hbond substituents is 1. The van der Waals surface area contributed by atoms with Crippen LogP contribution in [0.1, 0.15) is 5.56 Å². The maximum Gasteiger partial charge on any atom is 0.342 e. The molecule has 1 heterocycles. The number of para-hydroxylation sites is 2. The lowest BCUT2D eigenvalue weighted by molar-refractivity contribution is -0.385. The monoisotopic (exact) mass is 436 g/mol. The van der Waals surface area contributed by atoms with Crippen molar-refractivity contribution in [3.8, 4) is 5.75 Å². The van der Waals surface area contributed by atoms with Gasteiger partial charge in [0, 0.05) is 17.7 Å². The number of fused-ring (bicyclic) bond motifs is 1. The van der Waals surface area contributed by atoms with Crippen molar-refractivity contribution in [1.82, 2.24) is 4.98 Å². The van der Waals surface area contributed by atoms with Gasteiger partial charge in [0.05, 0.1) is 9.40 Å². The summed E-state index contributed by atoms with van der Waals surface area (Å²) < 4.78 is 5.55. The first kappa shape index (κ1) is 18.0. The second kappa shape index (κ2) is 7.18. The van der Waals surface area contributed by atoms with Crippen LogP contribution < -0.4 is 0 Å². The molecule has 10 heteroatoms. The summed E-state index contributed by atoms with van der Waals surface area (Å²) in [5.41, 5.74) is 0.756. The molecule has 0 spiro atoms. The highest BCUT2D eigenvalue weighted by Crippen LogP contribution is 2.36. The lowest BCUT2D eigenvalue weighted by Gasteiger charge is -2.04. The standard InChI is InChI=1S/C16H9BrN2O6S/c17-10-7-9(19(23)24)5-8(14(10)20)6-13(15(21)22)26-16-18-11-3-1-2-4-12(11)25-16/h1-7,20H,(H,21,22)/b13-6-. The van der Waals surface area contributed by atoms with Crippen molar-refractivity contribution >= 4 is 56.5 Å². The number of oxazole rings is 1. The average Bonchev–Trinajstić information content (AvgIpc) is 3.00. The van der Waals surface area contributed by atoms with Crippen molar-refractivity contribution in [3.05, 3.63) is 61.5 Å². The van der Waals surface area contributed by atoms with Crippen LogP contribution in [-0.2, 0) is 4.79 Å². The number of nitro benzene ring substituents is 1. The van der Waals surface area contributed by atoms with Crippen LogP contribution >= 0.6 is 27.7 Å². The molecule has 0 aliphatic heterocycles. The molecule has 0 bridgehead atoms. The molecule has 8 nitrogen and oxygen atoms in total. The topological polar surface area (TPSA) is 127 Å². The number of hydrogen-bond donors (Lipinski definition) is 2. The molecule has 0 atom stereocenters. The van der Waals surface area contributed by atoms with Crippen LogP contribution in [0.5, 0.6) is 5.75 Å². The van der Waals surface area contributed by atoms with Gasteiger partial charge in [-0.3, -0.25) is 10.1 Å². The third-order valence-electron chi connectivity index (χ3n) is 3.26. The minimum atomic E-state index is -1.29. The van der Waals surface area contributed by atoms with Crippen molar-refractivity contribution in [1.29, 1.82) is 0 Å². The minimum absolute atomic E-state index is 0.0212. The van der Waals surface area contributed by atoms with Gasteiger partial charge in [0.25, 0.3) is 10.9 Å². The van der Waals surface area contributed by atoms with E-state index in [0.717, 1.165) is 30.0 Å². The Morgan fingerprint density at radius 1 is 1.35 bits per heavy atom. The van der Waals surface area contributed by atoms with Crippen LogP contribution in [0.15, 0.2) is 55.4 Å². The summed E-state index contributed by atoms with van der Waals surface area (Å²) in [7, 11) is 0. The lowest BCUT2D eigenvalue weighted by atomic mass is 10.1. The summed E-state index contributed by atoms with van der Waals surface area (Å²) in [6.07, 6.45) is 1.12. The van der Waals surface area contributed by atoms with E-state index >= 15 is 0 Å². The van der Waals surface area contributed by atoms with Gasteiger partial charge >= 0.3 is 5.97 Å². The molecule has 3 aromatic rings. The number of aromatic nitrogens is 1. The number of phenols is 1. The molecule has 1 aromatic heterocycles. The summed E-state index contributed by atoms with van der Waals surface area (Å²) >= 11 is 3.75. The van der Waals surface area contributed by atoms with Crippen LogP contribution in [0.2, 0.25) is 0 Å². The smallest absolute Gasteiger partial charge is 0.342 e. The molecule has 3 rings (SSSR count). The number of carboxylic acids is 1. The van der Waals surface area contributed by atoms with E-state index in [2.05, 4.69) is 20.9 Å². The quantitative estimate of drug-likeness (QED) is 0.260. The minimum Gasteiger partial charge on any atom is -0.506 e. The SMILES string of the molecule is O=C(O)/C(=C/c1cc([N+](=O)[O-])cc(Br)c1O)Sc1nc2ccccc2o1. The highest BCUT2D eigenvalue weighted by atomic mass is 79.9. The van der Waals surface area contributed by atoms with Crippen LogP contribution in [-0.4, -0.2) is 26.1 Å². The summed E-state index contributed by atoms with van der Waals surface area (Å²) in [6, 6.07) is 9.15. The number of nitro groups is 1. The molecule has 0 aliphatic carbocycles. The van der Waals surface area contributed by atoms with E-state index < -0.39 is 10.9 Å². The fourth-order valence-electron chi connectivity index (χ4n) is 2.09. The Kier molecular flexibility index (Phi) is 4.96. The zero-order chi connectivity index (χ0) is 18.8. The van der Waals surface area contributed by atoms with Crippen molar-refractivity contribution in [2.45, 2.75) is 5.22 Å². The normalized spacial score (nSPS) is 11.7. The van der Waals surface area contributed by atoms with Crippen LogP contribution in [0, 0.1) is 10.1 Å². The number of hydrogen-bond acceptors (Lipinski definition) is 7. The van der Waals surface area contributed by atoms with Gasteiger partial charge in [-0.15, -0.1) is 0 Å². The maximum atomic E-state index is 11.6. The molecular weight excluding hydrogens is 428 g/mol. The van der Waals surface area contributed by atoms with Crippen molar-refractivity contribution in [3.63, 3.8) is 0 Å². The van der Waals surface area contributed by atoms with E-state index in [1.165, 1.54) is 0 Å². The van der Waals surface area contributed by atoms with Gasteiger partial charge in [0.2, 0.25) is 0 Å². The van der Waals surface area contributed by atoms with Crippen LogP contribution in [0.4, 0.5) is 5.69 Å². The number of aliphatic carboxylic acids is 1. The number of carboxylic acid groups (broad SMARTS) is 1. The second-order valence-corrected chi connectivity index (χ2v) is 6.83. The molecule has 2 aromatic carbocycles. The van der Waals surface area contributed by atoms with Crippen LogP contribution in [0.3, 0.4) is 0 Å². The van der Waals surface area contributed by atoms with E-state index in [-0.39, 0.29) is 31.6 Å². The first-order valence-electron chi connectivity index (χ1n) is 7.00. The number of carbonyl (C=O) groups is 1. The van der Waals surface area contributed by atoms with E-state index in [1.807, 2.05) is 0 Å². The van der Waals surface area contributed by atoms with Gasteiger partial charge in [-0.1, -0.05) is 12.1 Å². The Hall–Kier alpha value is -2.85. The summed E-state index contributed by atoms with van der Waals surface area (Å²) in [4.78, 5) is 25.8. The van der Waals surface area contributed by atoms with Gasteiger partial charge < -0.3 is 14.6 Å². The summed E-state index contributed by atoms with van der Waals surface area (Å²) in [6.45, 7) is 0. The molecule has 0 saturated heterocycles. The van der Waals surface area contributed by atoms with Crippen LogP contribution in [0.25, 0.3) is 17.2 Å². The number of nitrogens with zero attached hydrogens (tertiary/aromatic N) is 2. The van der Waals surface area contributed by atoms with Gasteiger partial charge in [-0.05, 0) is 45.9 Å². The lowest BCUT2D eigenvalue weighted by Crippen LogP contribution is -1.97. The number of rotatable bonds is 5. The van der Waals surface area contributed by atoms with Crippen molar-refractivity contribution < 1.29 is 24.3 Å². The van der Waals surface area contributed by atoms with Gasteiger partial charge in [-0.25, -0.2) is 9.78 Å². The number of benzene rings is 2. The Morgan fingerprint density at radius 2 is 2.08 bits per heavy atom. The second-order valence-electron chi connectivity index (χ2n) is 4.99. The molecule has 132 valence electrons. The molecule has 0 amide bonds. The fraction of sp³-hybridized carbons (Fsp3) is 0. The first-order chi connectivity index (χ1) is 12.3. The predicted octanol–water partition coefficient (Wildman–Crippen LogP) is 4.42. The van der Waals surface area contributed by atoms with Gasteiger partial charge in [0.15, 0.2) is 5.58 Å². The zero-order valence-electron chi connectivity index (χ0n) is 12.7. The molecule has 0 saturated carbocycles. The van der Waals surface area contributed by atoms with E-state index in [0.29, 0.717) is 11.1 Å².